The first-order chi connectivity index (χ1) is 10.7. The van der Waals surface area contributed by atoms with E-state index in [1.165, 1.54) is 24.8 Å². The number of hydrogen-bond acceptors (Lipinski definition) is 2. The zero-order chi connectivity index (χ0) is 17.1. The van der Waals surface area contributed by atoms with Crippen molar-refractivity contribution in [3.63, 3.8) is 0 Å². The van der Waals surface area contributed by atoms with Crippen LogP contribution in [0, 0.1) is 11.8 Å². The number of sulfone groups is 1. The maximum Gasteiger partial charge on any atom is 0.155 e. The monoisotopic (exact) mass is 400 g/mol. The van der Waals surface area contributed by atoms with Gasteiger partial charge in [0.1, 0.15) is 0 Å². The summed E-state index contributed by atoms with van der Waals surface area (Å²) in [6, 6.07) is 8.57. The molecule has 130 valence electrons. The first-order valence-electron chi connectivity index (χ1n) is 8.64. The van der Waals surface area contributed by atoms with Crippen molar-refractivity contribution in [2.75, 3.05) is 5.75 Å². The molecule has 0 N–H and O–H groups in total. The first-order valence-corrected chi connectivity index (χ1v) is 11.1. The van der Waals surface area contributed by atoms with Gasteiger partial charge in [0.25, 0.3) is 0 Å². The summed E-state index contributed by atoms with van der Waals surface area (Å²) >= 11 is 3.47. The van der Waals surface area contributed by atoms with Crippen molar-refractivity contribution in [2.45, 2.75) is 64.0 Å². The van der Waals surface area contributed by atoms with Crippen molar-refractivity contribution < 1.29 is 8.42 Å². The third kappa shape index (κ3) is 5.60. The molecule has 1 saturated carbocycles. The van der Waals surface area contributed by atoms with Gasteiger partial charge in [-0.1, -0.05) is 40.9 Å². The molecular weight excluding hydrogens is 372 g/mol. The Balaban J connectivity index is 1.77. The molecule has 0 heterocycles. The highest BCUT2D eigenvalue weighted by atomic mass is 79.9. The zero-order valence-electron chi connectivity index (χ0n) is 14.5. The maximum absolute atomic E-state index is 12.3. The molecule has 4 heteroatoms. The largest absolute Gasteiger partial charge is 0.228 e. The second kappa shape index (κ2) is 7.69. The van der Waals surface area contributed by atoms with E-state index >= 15 is 0 Å². The van der Waals surface area contributed by atoms with E-state index in [0.717, 1.165) is 29.7 Å². The second-order valence-corrected chi connectivity index (χ2v) is 11.6. The van der Waals surface area contributed by atoms with Crippen LogP contribution in [-0.2, 0) is 16.3 Å². The molecule has 0 radical (unpaired) electrons. The molecule has 0 saturated heterocycles. The molecular formula is C19H29BrO2S. The molecule has 0 unspecified atom stereocenters. The SMILES string of the molecule is CC(C)(C)S(=O)(=O)CC1CCC(CCc2ccc(Br)cc2)CC1. The average molecular weight is 401 g/mol. The molecule has 1 fully saturated rings. The van der Waals surface area contributed by atoms with Crippen molar-refractivity contribution in [1.29, 1.82) is 0 Å². The molecule has 0 atom stereocenters. The van der Waals surface area contributed by atoms with Crippen molar-refractivity contribution in [3.05, 3.63) is 34.3 Å². The molecule has 0 aromatic heterocycles. The molecule has 1 aromatic carbocycles. The van der Waals surface area contributed by atoms with Crippen LogP contribution in [0.15, 0.2) is 28.7 Å². The van der Waals surface area contributed by atoms with E-state index in [-0.39, 0.29) is 0 Å². The average Bonchev–Trinajstić information content (AvgIpc) is 2.47. The summed E-state index contributed by atoms with van der Waals surface area (Å²) in [6.45, 7) is 5.44. The summed E-state index contributed by atoms with van der Waals surface area (Å²) in [5.74, 6) is 1.49. The van der Waals surface area contributed by atoms with Gasteiger partial charge >= 0.3 is 0 Å². The van der Waals surface area contributed by atoms with Crippen LogP contribution in [0.25, 0.3) is 0 Å². The predicted molar refractivity (Wildman–Crippen MR) is 101 cm³/mol. The van der Waals surface area contributed by atoms with E-state index in [1.54, 1.807) is 0 Å². The number of halogens is 1. The van der Waals surface area contributed by atoms with Gasteiger partial charge in [-0.25, -0.2) is 8.42 Å². The van der Waals surface area contributed by atoms with E-state index in [9.17, 15) is 8.42 Å². The summed E-state index contributed by atoms with van der Waals surface area (Å²) in [4.78, 5) is 0. The highest BCUT2D eigenvalue weighted by molar-refractivity contribution is 9.10. The van der Waals surface area contributed by atoms with Gasteiger partial charge in [-0.05, 0) is 76.0 Å². The van der Waals surface area contributed by atoms with E-state index in [4.69, 9.17) is 0 Å². The van der Waals surface area contributed by atoms with Gasteiger partial charge in [-0.15, -0.1) is 0 Å². The summed E-state index contributed by atoms with van der Waals surface area (Å²) in [5, 5.41) is 0. The smallest absolute Gasteiger partial charge is 0.155 e. The second-order valence-electron chi connectivity index (χ2n) is 7.95. The molecule has 2 nitrogen and oxygen atoms in total. The van der Waals surface area contributed by atoms with E-state index in [2.05, 4.69) is 40.2 Å². The van der Waals surface area contributed by atoms with Crippen LogP contribution >= 0.6 is 15.9 Å². The molecule has 1 aliphatic rings. The molecule has 0 aliphatic heterocycles. The number of hydrogen-bond donors (Lipinski definition) is 0. The molecule has 1 aromatic rings. The Morgan fingerprint density at radius 2 is 1.52 bits per heavy atom. The lowest BCUT2D eigenvalue weighted by Crippen LogP contribution is -2.34. The summed E-state index contributed by atoms with van der Waals surface area (Å²) in [6.07, 6.45) is 6.85. The van der Waals surface area contributed by atoms with Crippen LogP contribution in [-0.4, -0.2) is 18.9 Å². The van der Waals surface area contributed by atoms with Crippen molar-refractivity contribution in [2.24, 2.45) is 11.8 Å². The van der Waals surface area contributed by atoms with Crippen molar-refractivity contribution in [3.8, 4) is 0 Å². The summed E-state index contributed by atoms with van der Waals surface area (Å²) in [5.41, 5.74) is 1.39. The number of benzene rings is 1. The van der Waals surface area contributed by atoms with Gasteiger partial charge in [0.2, 0.25) is 0 Å². The predicted octanol–water partition coefficient (Wildman–Crippen LogP) is 5.40. The molecule has 0 spiro atoms. The van der Waals surface area contributed by atoms with Gasteiger partial charge in [-0.3, -0.25) is 0 Å². The Labute approximate surface area is 150 Å². The quantitative estimate of drug-likeness (QED) is 0.662. The van der Waals surface area contributed by atoms with E-state index in [0.29, 0.717) is 11.7 Å². The van der Waals surface area contributed by atoms with Crippen LogP contribution in [0.1, 0.15) is 58.4 Å². The molecule has 0 amide bonds. The molecule has 2 rings (SSSR count). The van der Waals surface area contributed by atoms with Gasteiger partial charge in [-0.2, -0.15) is 0 Å². The van der Waals surface area contributed by atoms with Gasteiger partial charge in [0, 0.05) is 4.47 Å². The topological polar surface area (TPSA) is 34.1 Å². The minimum Gasteiger partial charge on any atom is -0.228 e. The Morgan fingerprint density at radius 3 is 2.04 bits per heavy atom. The lowest BCUT2D eigenvalue weighted by molar-refractivity contribution is 0.278. The van der Waals surface area contributed by atoms with Crippen LogP contribution < -0.4 is 0 Å². The molecule has 1 aliphatic carbocycles. The lowest BCUT2D eigenvalue weighted by Gasteiger charge is -2.30. The fraction of sp³-hybridized carbons (Fsp3) is 0.684. The Bertz CT molecular complexity index is 591. The Hall–Kier alpha value is -0.350. The molecule has 23 heavy (non-hydrogen) atoms. The van der Waals surface area contributed by atoms with Crippen molar-refractivity contribution in [1.82, 2.24) is 0 Å². The number of rotatable bonds is 5. The van der Waals surface area contributed by atoms with Crippen LogP contribution in [0.4, 0.5) is 0 Å². The Morgan fingerprint density at radius 1 is 1.00 bits per heavy atom. The van der Waals surface area contributed by atoms with Gasteiger partial charge < -0.3 is 0 Å². The van der Waals surface area contributed by atoms with E-state index in [1.807, 2.05) is 20.8 Å². The summed E-state index contributed by atoms with van der Waals surface area (Å²) in [7, 11) is -2.98. The fourth-order valence-corrected chi connectivity index (χ4v) is 4.99. The zero-order valence-corrected chi connectivity index (χ0v) is 16.9. The molecule has 0 bridgehead atoms. The van der Waals surface area contributed by atoms with Crippen LogP contribution in [0.5, 0.6) is 0 Å². The third-order valence-electron chi connectivity index (χ3n) is 5.11. The highest BCUT2D eigenvalue weighted by Gasteiger charge is 2.33. The highest BCUT2D eigenvalue weighted by Crippen LogP contribution is 2.34. The van der Waals surface area contributed by atoms with E-state index < -0.39 is 14.6 Å². The van der Waals surface area contributed by atoms with Gasteiger partial charge in [0.05, 0.1) is 10.5 Å². The minimum absolute atomic E-state index is 0.364. The van der Waals surface area contributed by atoms with Crippen molar-refractivity contribution >= 4 is 25.8 Å². The normalized spacial score (nSPS) is 23.0. The fourth-order valence-electron chi connectivity index (χ4n) is 3.27. The summed E-state index contributed by atoms with van der Waals surface area (Å²) < 4.78 is 25.2. The standard InChI is InChI=1S/C19H29BrO2S/c1-19(2,3)23(21,22)14-17-8-6-15(7-9-17)4-5-16-10-12-18(20)13-11-16/h10-13,15,17H,4-9,14H2,1-3H3. The lowest BCUT2D eigenvalue weighted by atomic mass is 9.80. The number of aryl methyl sites for hydroxylation is 1. The maximum atomic E-state index is 12.3. The minimum atomic E-state index is -2.98. The first kappa shape index (κ1) is 19.0. The van der Waals surface area contributed by atoms with Crippen LogP contribution in [0.2, 0.25) is 0 Å². The Kier molecular flexibility index (Phi) is 6.35. The third-order valence-corrected chi connectivity index (χ3v) is 8.41. The van der Waals surface area contributed by atoms with Crippen LogP contribution in [0.3, 0.4) is 0 Å². The van der Waals surface area contributed by atoms with Gasteiger partial charge in [0.15, 0.2) is 9.84 Å².